The number of carbonyl (C=O) groups excluding carboxylic acids is 1. The van der Waals surface area contributed by atoms with Gasteiger partial charge < -0.3 is 10.1 Å². The van der Waals surface area contributed by atoms with Gasteiger partial charge in [-0.2, -0.15) is 5.10 Å². The zero-order valence-electron chi connectivity index (χ0n) is 12.0. The molecule has 1 aliphatic heterocycles. The lowest BCUT2D eigenvalue weighted by Gasteiger charge is -2.19. The van der Waals surface area contributed by atoms with Crippen LogP contribution in [-0.2, 0) is 11.8 Å². The second-order valence-corrected chi connectivity index (χ2v) is 5.36. The van der Waals surface area contributed by atoms with Gasteiger partial charge in [-0.3, -0.25) is 9.48 Å². The molecule has 110 valence electrons. The minimum Gasteiger partial charge on any atom is -0.373 e. The number of amides is 1. The Morgan fingerprint density at radius 1 is 1.43 bits per heavy atom. The Morgan fingerprint density at radius 2 is 2.24 bits per heavy atom. The average molecular weight is 285 g/mol. The predicted molar refractivity (Wildman–Crippen MR) is 78.8 cm³/mol. The van der Waals surface area contributed by atoms with E-state index in [1.54, 1.807) is 24.1 Å². The molecule has 1 aromatic carbocycles. The van der Waals surface area contributed by atoms with Crippen LogP contribution in [0.4, 0.5) is 0 Å². The molecule has 1 aromatic heterocycles. The third-order valence-electron chi connectivity index (χ3n) is 3.83. The summed E-state index contributed by atoms with van der Waals surface area (Å²) in [5.74, 6) is 0.231. The van der Waals surface area contributed by atoms with Gasteiger partial charge in [0.2, 0.25) is 0 Å². The highest BCUT2D eigenvalue weighted by Gasteiger charge is 2.29. The van der Waals surface area contributed by atoms with Gasteiger partial charge in [0.05, 0.1) is 17.9 Å². The number of hydrogen-bond acceptors (Lipinski definition) is 3. The van der Waals surface area contributed by atoms with Gasteiger partial charge in [-0.1, -0.05) is 30.3 Å². The van der Waals surface area contributed by atoms with E-state index in [0.717, 1.165) is 13.0 Å². The molecule has 0 saturated carbocycles. The normalized spacial score (nSPS) is 21.4. The Labute approximate surface area is 123 Å². The first-order chi connectivity index (χ1) is 10.2. The molecule has 21 heavy (non-hydrogen) atoms. The Balaban J connectivity index is 1.61. The molecule has 0 bridgehead atoms. The maximum Gasteiger partial charge on any atom is 0.254 e. The number of ether oxygens (including phenoxy) is 1. The van der Waals surface area contributed by atoms with Crippen LogP contribution in [0.3, 0.4) is 0 Å². The molecule has 3 rings (SSSR count). The quantitative estimate of drug-likeness (QED) is 0.934. The van der Waals surface area contributed by atoms with Crippen molar-refractivity contribution in [1.82, 2.24) is 15.1 Å². The van der Waals surface area contributed by atoms with Crippen molar-refractivity contribution in [2.24, 2.45) is 13.0 Å². The van der Waals surface area contributed by atoms with E-state index in [-0.39, 0.29) is 12.0 Å². The van der Waals surface area contributed by atoms with Crippen molar-refractivity contribution >= 4 is 5.91 Å². The fourth-order valence-corrected chi connectivity index (χ4v) is 2.72. The Bertz CT molecular complexity index is 609. The van der Waals surface area contributed by atoms with Gasteiger partial charge in [0.15, 0.2) is 0 Å². The lowest BCUT2D eigenvalue weighted by Crippen LogP contribution is -2.30. The van der Waals surface area contributed by atoms with Crippen molar-refractivity contribution in [3.63, 3.8) is 0 Å². The standard InChI is InChI=1S/C16H19N3O2/c1-19-11-14(10-18-19)16(20)17-9-13-7-8-21-15(13)12-5-3-2-4-6-12/h2-6,10-11,13,15H,7-9H2,1H3,(H,17,20)/t13-,15-/m1/s1. The maximum atomic E-state index is 12.1. The molecule has 0 aliphatic carbocycles. The Hall–Kier alpha value is -2.14. The molecule has 2 aromatic rings. The molecule has 0 unspecified atom stereocenters. The first-order valence-electron chi connectivity index (χ1n) is 7.17. The number of hydrogen-bond donors (Lipinski definition) is 1. The van der Waals surface area contributed by atoms with Crippen molar-refractivity contribution in [2.45, 2.75) is 12.5 Å². The maximum absolute atomic E-state index is 12.1. The van der Waals surface area contributed by atoms with Gasteiger partial charge in [0.1, 0.15) is 0 Å². The molecule has 2 heterocycles. The molecule has 1 aliphatic rings. The van der Waals surface area contributed by atoms with Gasteiger partial charge in [-0.05, 0) is 12.0 Å². The second-order valence-electron chi connectivity index (χ2n) is 5.36. The van der Waals surface area contributed by atoms with E-state index in [1.807, 2.05) is 18.2 Å². The van der Waals surface area contributed by atoms with E-state index in [1.165, 1.54) is 5.56 Å². The highest BCUT2D eigenvalue weighted by Crippen LogP contribution is 2.33. The van der Waals surface area contributed by atoms with E-state index in [0.29, 0.717) is 18.0 Å². The fourth-order valence-electron chi connectivity index (χ4n) is 2.72. The largest absolute Gasteiger partial charge is 0.373 e. The zero-order valence-corrected chi connectivity index (χ0v) is 12.0. The number of nitrogens with one attached hydrogen (secondary N) is 1. The summed E-state index contributed by atoms with van der Waals surface area (Å²) in [7, 11) is 1.80. The first kappa shape index (κ1) is 13.8. The number of aromatic nitrogens is 2. The van der Waals surface area contributed by atoms with Crippen LogP contribution in [0.1, 0.15) is 28.4 Å². The topological polar surface area (TPSA) is 56.2 Å². The van der Waals surface area contributed by atoms with E-state index in [4.69, 9.17) is 4.74 Å². The van der Waals surface area contributed by atoms with Crippen molar-refractivity contribution in [3.8, 4) is 0 Å². The summed E-state index contributed by atoms with van der Waals surface area (Å²) in [5, 5.41) is 6.99. The van der Waals surface area contributed by atoms with Crippen LogP contribution in [0.25, 0.3) is 0 Å². The minimum absolute atomic E-state index is 0.0698. The monoisotopic (exact) mass is 285 g/mol. The van der Waals surface area contributed by atoms with Gasteiger partial charge in [0, 0.05) is 32.3 Å². The Morgan fingerprint density at radius 3 is 2.95 bits per heavy atom. The van der Waals surface area contributed by atoms with Crippen LogP contribution in [-0.4, -0.2) is 28.8 Å². The van der Waals surface area contributed by atoms with E-state index >= 15 is 0 Å². The van der Waals surface area contributed by atoms with E-state index < -0.39 is 0 Å². The summed E-state index contributed by atoms with van der Waals surface area (Å²) in [4.78, 5) is 12.1. The van der Waals surface area contributed by atoms with Crippen LogP contribution in [0.15, 0.2) is 42.7 Å². The summed E-state index contributed by atoms with van der Waals surface area (Å²) in [6.07, 6.45) is 4.33. The molecule has 5 nitrogen and oxygen atoms in total. The van der Waals surface area contributed by atoms with Gasteiger partial charge >= 0.3 is 0 Å². The van der Waals surface area contributed by atoms with Gasteiger partial charge in [-0.15, -0.1) is 0 Å². The SMILES string of the molecule is Cn1cc(C(=O)NC[C@H]2CCO[C@@H]2c2ccccc2)cn1. The van der Waals surface area contributed by atoms with Gasteiger partial charge in [0.25, 0.3) is 5.91 Å². The van der Waals surface area contributed by atoms with Crippen molar-refractivity contribution < 1.29 is 9.53 Å². The Kier molecular flexibility index (Phi) is 4.01. The summed E-state index contributed by atoms with van der Waals surface area (Å²) in [6, 6.07) is 10.2. The second kappa shape index (κ2) is 6.10. The number of aryl methyl sites for hydroxylation is 1. The summed E-state index contributed by atoms with van der Waals surface area (Å²) >= 11 is 0. The number of carbonyl (C=O) groups is 1. The highest BCUT2D eigenvalue weighted by atomic mass is 16.5. The molecule has 1 saturated heterocycles. The molecule has 1 fully saturated rings. The molecule has 1 N–H and O–H groups in total. The number of nitrogens with zero attached hydrogens (tertiary/aromatic N) is 2. The first-order valence-corrected chi connectivity index (χ1v) is 7.17. The average Bonchev–Trinajstić information content (AvgIpc) is 3.14. The van der Waals surface area contributed by atoms with Crippen LogP contribution in [0.5, 0.6) is 0 Å². The van der Waals surface area contributed by atoms with Crippen molar-refractivity contribution in [2.75, 3.05) is 13.2 Å². The summed E-state index contributed by atoms with van der Waals surface area (Å²) in [5.41, 5.74) is 1.77. The minimum atomic E-state index is -0.0817. The number of benzene rings is 1. The van der Waals surface area contributed by atoms with Crippen LogP contribution >= 0.6 is 0 Å². The lowest BCUT2D eigenvalue weighted by molar-refractivity contribution is 0.0846. The van der Waals surface area contributed by atoms with Crippen molar-refractivity contribution in [1.29, 1.82) is 0 Å². The van der Waals surface area contributed by atoms with E-state index in [2.05, 4.69) is 22.5 Å². The molecular formula is C16H19N3O2. The van der Waals surface area contributed by atoms with Crippen LogP contribution in [0, 0.1) is 5.92 Å². The fraction of sp³-hybridized carbons (Fsp3) is 0.375. The molecule has 0 spiro atoms. The van der Waals surface area contributed by atoms with Crippen LogP contribution < -0.4 is 5.32 Å². The molecule has 2 atom stereocenters. The van der Waals surface area contributed by atoms with Gasteiger partial charge in [-0.25, -0.2) is 0 Å². The molecule has 1 amide bonds. The highest BCUT2D eigenvalue weighted by molar-refractivity contribution is 5.93. The smallest absolute Gasteiger partial charge is 0.254 e. The lowest BCUT2D eigenvalue weighted by atomic mass is 9.95. The molecule has 5 heteroatoms. The summed E-state index contributed by atoms with van der Waals surface area (Å²) < 4.78 is 7.45. The number of rotatable bonds is 4. The third kappa shape index (κ3) is 3.13. The van der Waals surface area contributed by atoms with E-state index in [9.17, 15) is 4.79 Å². The zero-order chi connectivity index (χ0) is 14.7. The summed E-state index contributed by atoms with van der Waals surface area (Å²) in [6.45, 7) is 1.36. The van der Waals surface area contributed by atoms with Crippen molar-refractivity contribution in [3.05, 3.63) is 53.9 Å². The molecule has 0 radical (unpaired) electrons. The molecular weight excluding hydrogens is 266 g/mol. The third-order valence-corrected chi connectivity index (χ3v) is 3.83. The van der Waals surface area contributed by atoms with Crippen LogP contribution in [0.2, 0.25) is 0 Å². The predicted octanol–water partition coefficient (Wildman–Crippen LogP) is 1.93.